The van der Waals surface area contributed by atoms with Crippen LogP contribution >= 0.6 is 23.2 Å². The summed E-state index contributed by atoms with van der Waals surface area (Å²) in [6, 6.07) is 4.92. The van der Waals surface area contributed by atoms with E-state index < -0.39 is 11.7 Å². The zero-order valence-corrected chi connectivity index (χ0v) is 10.9. The van der Waals surface area contributed by atoms with Crippen molar-refractivity contribution in [2.45, 2.75) is 0 Å². The molecular formula is C12H7Cl2FN2O2. The first-order chi connectivity index (χ1) is 8.95. The Kier molecular flexibility index (Phi) is 3.87. The molecule has 2 rings (SSSR count). The molecule has 1 aromatic carbocycles. The number of nitrogens with zero attached hydrogens (tertiary/aromatic N) is 1. The largest absolute Gasteiger partial charge is 0.438 e. The van der Waals surface area contributed by atoms with Crippen LogP contribution in [-0.2, 0) is 0 Å². The Hall–Kier alpha value is -1.85. The van der Waals surface area contributed by atoms with Crippen LogP contribution in [0, 0.1) is 5.82 Å². The van der Waals surface area contributed by atoms with Gasteiger partial charge in [-0.1, -0.05) is 23.2 Å². The molecule has 0 saturated heterocycles. The van der Waals surface area contributed by atoms with Gasteiger partial charge in [-0.15, -0.1) is 0 Å². The molecule has 7 heteroatoms. The predicted octanol–water partition coefficient (Wildman–Crippen LogP) is 3.42. The maximum Gasteiger partial charge on any atom is 0.254 e. The van der Waals surface area contributed by atoms with Crippen LogP contribution in [0.15, 0.2) is 30.5 Å². The van der Waals surface area contributed by atoms with Gasteiger partial charge in [0.05, 0.1) is 5.02 Å². The second kappa shape index (κ2) is 5.42. The number of hydrogen-bond acceptors (Lipinski definition) is 3. The van der Waals surface area contributed by atoms with Gasteiger partial charge in [-0.05, 0) is 18.2 Å². The van der Waals surface area contributed by atoms with E-state index in [1.54, 1.807) is 0 Å². The van der Waals surface area contributed by atoms with Crippen molar-refractivity contribution in [2.24, 2.45) is 5.73 Å². The lowest BCUT2D eigenvalue weighted by atomic mass is 10.2. The van der Waals surface area contributed by atoms with Gasteiger partial charge in [0.15, 0.2) is 0 Å². The highest BCUT2D eigenvalue weighted by Crippen LogP contribution is 2.27. The molecule has 19 heavy (non-hydrogen) atoms. The van der Waals surface area contributed by atoms with Crippen LogP contribution in [0.3, 0.4) is 0 Å². The molecular weight excluding hydrogens is 294 g/mol. The fourth-order valence-electron chi connectivity index (χ4n) is 1.38. The smallest absolute Gasteiger partial charge is 0.254 e. The molecule has 0 unspecified atom stereocenters. The highest BCUT2D eigenvalue weighted by atomic mass is 35.5. The zero-order valence-electron chi connectivity index (χ0n) is 9.36. The van der Waals surface area contributed by atoms with E-state index in [-0.39, 0.29) is 27.2 Å². The Bertz CT molecular complexity index is 629. The van der Waals surface area contributed by atoms with Crippen molar-refractivity contribution in [1.82, 2.24) is 4.98 Å². The van der Waals surface area contributed by atoms with E-state index in [1.807, 2.05) is 0 Å². The van der Waals surface area contributed by atoms with Crippen molar-refractivity contribution in [3.63, 3.8) is 0 Å². The lowest BCUT2D eigenvalue weighted by molar-refractivity contribution is 0.0997. The van der Waals surface area contributed by atoms with Crippen molar-refractivity contribution < 1.29 is 13.9 Å². The molecule has 98 valence electrons. The maximum absolute atomic E-state index is 13.2. The van der Waals surface area contributed by atoms with Crippen LogP contribution in [0.25, 0.3) is 0 Å². The third-order valence-electron chi connectivity index (χ3n) is 2.13. The minimum atomic E-state index is -0.757. The number of amides is 1. The molecule has 0 radical (unpaired) electrons. The first-order valence-electron chi connectivity index (χ1n) is 5.05. The van der Waals surface area contributed by atoms with Crippen molar-refractivity contribution in [2.75, 3.05) is 0 Å². The molecule has 2 N–H and O–H groups in total. The summed E-state index contributed by atoms with van der Waals surface area (Å²) in [5.74, 6) is -1.30. The summed E-state index contributed by atoms with van der Waals surface area (Å²) in [6.45, 7) is 0. The average Bonchev–Trinajstić information content (AvgIpc) is 2.30. The van der Waals surface area contributed by atoms with Crippen LogP contribution in [0.1, 0.15) is 10.4 Å². The van der Waals surface area contributed by atoms with Gasteiger partial charge >= 0.3 is 0 Å². The first-order valence-corrected chi connectivity index (χ1v) is 5.80. The fraction of sp³-hybridized carbons (Fsp3) is 0. The first kappa shape index (κ1) is 13.6. The van der Waals surface area contributed by atoms with Crippen molar-refractivity contribution >= 4 is 29.1 Å². The number of ether oxygens (including phenoxy) is 1. The molecule has 0 fully saturated rings. The minimum Gasteiger partial charge on any atom is -0.438 e. The summed E-state index contributed by atoms with van der Waals surface area (Å²) >= 11 is 11.4. The number of primary amides is 1. The summed E-state index contributed by atoms with van der Waals surface area (Å²) in [4.78, 5) is 15.1. The van der Waals surface area contributed by atoms with Crippen LogP contribution in [0.2, 0.25) is 10.0 Å². The van der Waals surface area contributed by atoms with E-state index in [9.17, 15) is 9.18 Å². The van der Waals surface area contributed by atoms with Crippen LogP contribution < -0.4 is 10.5 Å². The number of aromatic nitrogens is 1. The van der Waals surface area contributed by atoms with E-state index in [2.05, 4.69) is 4.98 Å². The quantitative estimate of drug-likeness (QED) is 0.944. The van der Waals surface area contributed by atoms with Gasteiger partial charge in [0, 0.05) is 17.3 Å². The Balaban J connectivity index is 2.40. The number of nitrogens with two attached hydrogens (primary N) is 1. The highest BCUT2D eigenvalue weighted by Gasteiger charge is 2.13. The van der Waals surface area contributed by atoms with Gasteiger partial charge in [-0.2, -0.15) is 0 Å². The second-order valence-electron chi connectivity index (χ2n) is 3.58. The number of pyridine rings is 1. The summed E-state index contributed by atoms with van der Waals surface area (Å²) in [5, 5.41) is 0.392. The normalized spacial score (nSPS) is 10.3. The molecule has 1 amide bonds. The zero-order chi connectivity index (χ0) is 14.0. The van der Waals surface area contributed by atoms with Crippen molar-refractivity contribution in [3.05, 3.63) is 51.9 Å². The molecule has 0 saturated carbocycles. The predicted molar refractivity (Wildman–Crippen MR) is 69.2 cm³/mol. The summed E-state index contributed by atoms with van der Waals surface area (Å²) in [6.07, 6.45) is 1.28. The van der Waals surface area contributed by atoms with Gasteiger partial charge in [0.1, 0.15) is 17.1 Å². The Morgan fingerprint density at radius 2 is 1.95 bits per heavy atom. The number of benzene rings is 1. The molecule has 0 spiro atoms. The Labute approximate surface area is 117 Å². The lowest BCUT2D eigenvalue weighted by Crippen LogP contribution is -2.13. The fourth-order valence-corrected chi connectivity index (χ4v) is 1.75. The number of rotatable bonds is 3. The summed E-state index contributed by atoms with van der Waals surface area (Å²) in [7, 11) is 0. The molecule has 0 atom stereocenters. The lowest BCUT2D eigenvalue weighted by Gasteiger charge is -2.08. The maximum atomic E-state index is 13.2. The molecule has 0 bridgehead atoms. The monoisotopic (exact) mass is 300 g/mol. The summed E-state index contributed by atoms with van der Waals surface area (Å²) < 4.78 is 18.4. The molecule has 1 aromatic heterocycles. The Morgan fingerprint density at radius 3 is 2.58 bits per heavy atom. The standard InChI is InChI=1S/C12H7Cl2FN2O2/c13-6-1-8(15)4-9(2-6)19-12-10(11(16)18)3-7(14)5-17-12/h1-5H,(H2,16,18). The average molecular weight is 301 g/mol. The number of carbonyl (C=O) groups is 1. The number of halogens is 3. The second-order valence-corrected chi connectivity index (χ2v) is 4.45. The highest BCUT2D eigenvalue weighted by molar-refractivity contribution is 6.31. The molecule has 1 heterocycles. The van der Waals surface area contributed by atoms with Gasteiger partial charge in [-0.3, -0.25) is 4.79 Å². The topological polar surface area (TPSA) is 65.2 Å². The van der Waals surface area contributed by atoms with Gasteiger partial charge < -0.3 is 10.5 Å². The van der Waals surface area contributed by atoms with Gasteiger partial charge in [0.2, 0.25) is 5.88 Å². The summed E-state index contributed by atoms with van der Waals surface area (Å²) in [5.41, 5.74) is 5.17. The molecule has 0 aliphatic heterocycles. The van der Waals surface area contributed by atoms with E-state index >= 15 is 0 Å². The van der Waals surface area contributed by atoms with Crippen LogP contribution in [-0.4, -0.2) is 10.9 Å². The Morgan fingerprint density at radius 1 is 1.21 bits per heavy atom. The van der Waals surface area contributed by atoms with Gasteiger partial charge in [-0.25, -0.2) is 9.37 Å². The molecule has 0 aliphatic carbocycles. The molecule has 4 nitrogen and oxygen atoms in total. The minimum absolute atomic E-state index is 0.00659. The number of carbonyl (C=O) groups excluding carboxylic acids is 1. The van der Waals surface area contributed by atoms with Crippen molar-refractivity contribution in [3.8, 4) is 11.6 Å². The third-order valence-corrected chi connectivity index (χ3v) is 2.56. The van der Waals surface area contributed by atoms with E-state index in [1.165, 1.54) is 18.3 Å². The van der Waals surface area contributed by atoms with Crippen LogP contribution in [0.5, 0.6) is 11.6 Å². The van der Waals surface area contributed by atoms with E-state index in [0.717, 1.165) is 12.1 Å². The molecule has 2 aromatic rings. The number of hydrogen-bond donors (Lipinski definition) is 1. The van der Waals surface area contributed by atoms with E-state index in [4.69, 9.17) is 33.7 Å². The molecule has 0 aliphatic rings. The SMILES string of the molecule is NC(=O)c1cc(Cl)cnc1Oc1cc(F)cc(Cl)c1. The van der Waals surface area contributed by atoms with Crippen LogP contribution in [0.4, 0.5) is 4.39 Å². The van der Waals surface area contributed by atoms with Gasteiger partial charge in [0.25, 0.3) is 5.91 Å². The third kappa shape index (κ3) is 3.33. The van der Waals surface area contributed by atoms with E-state index in [0.29, 0.717) is 0 Å². The van der Waals surface area contributed by atoms with Crippen molar-refractivity contribution in [1.29, 1.82) is 0 Å².